The van der Waals surface area contributed by atoms with E-state index in [4.69, 9.17) is 0 Å². The van der Waals surface area contributed by atoms with Gasteiger partial charge in [-0.25, -0.2) is 4.79 Å². The molecule has 4 heteroatoms. The molecule has 0 unspecified atom stereocenters. The van der Waals surface area contributed by atoms with E-state index < -0.39 is 11.9 Å². The van der Waals surface area contributed by atoms with Crippen LogP contribution in [0.1, 0.15) is 15.9 Å². The Labute approximate surface area is 134 Å². The molecule has 0 spiro atoms. The van der Waals surface area contributed by atoms with Crippen LogP contribution in [0.5, 0.6) is 0 Å². The Hall–Kier alpha value is -3.14. The molecule has 3 aromatic rings. The Balaban J connectivity index is 1.71. The molecule has 2 N–H and O–H groups in total. The van der Waals surface area contributed by atoms with Gasteiger partial charge in [-0.1, -0.05) is 42.5 Å². The van der Waals surface area contributed by atoms with Crippen molar-refractivity contribution in [3.63, 3.8) is 0 Å². The lowest BCUT2D eigenvalue weighted by Gasteiger charge is -2.08. The van der Waals surface area contributed by atoms with Gasteiger partial charge in [-0.3, -0.25) is 10.1 Å². The van der Waals surface area contributed by atoms with Crippen LogP contribution >= 0.6 is 0 Å². The zero-order chi connectivity index (χ0) is 16.2. The number of rotatable bonds is 2. The van der Waals surface area contributed by atoms with Crippen molar-refractivity contribution >= 4 is 28.4 Å². The average Bonchev–Trinajstić information content (AvgIpc) is 2.54. The number of hydrogen-bond acceptors (Lipinski definition) is 2. The summed E-state index contributed by atoms with van der Waals surface area (Å²) in [6.07, 6.45) is 0. The summed E-state index contributed by atoms with van der Waals surface area (Å²) in [4.78, 5) is 24.1. The molecule has 0 heterocycles. The largest absolute Gasteiger partial charge is 0.326 e. The zero-order valence-corrected chi connectivity index (χ0v) is 12.7. The monoisotopic (exact) mass is 304 g/mol. The molecule has 0 bridgehead atoms. The van der Waals surface area contributed by atoms with Gasteiger partial charge in [0.2, 0.25) is 0 Å². The van der Waals surface area contributed by atoms with Gasteiger partial charge in [0.25, 0.3) is 5.91 Å². The molecular formula is C19H16N2O2. The van der Waals surface area contributed by atoms with Crippen molar-refractivity contribution in [3.8, 4) is 0 Å². The van der Waals surface area contributed by atoms with Gasteiger partial charge < -0.3 is 5.32 Å². The first-order chi connectivity index (χ1) is 11.1. The summed E-state index contributed by atoms with van der Waals surface area (Å²) in [6, 6.07) is 19.9. The smallest absolute Gasteiger partial charge is 0.308 e. The SMILES string of the molecule is Cc1cccc(NC(=O)NC(=O)c2ccc3ccccc3c2)c1. The first-order valence-corrected chi connectivity index (χ1v) is 7.29. The number of nitrogens with one attached hydrogen (secondary N) is 2. The van der Waals surface area contributed by atoms with Gasteiger partial charge in [-0.2, -0.15) is 0 Å². The van der Waals surface area contributed by atoms with E-state index >= 15 is 0 Å². The number of benzene rings is 3. The molecule has 3 amide bonds. The number of amides is 3. The fourth-order valence-corrected chi connectivity index (χ4v) is 2.39. The van der Waals surface area contributed by atoms with E-state index in [0.29, 0.717) is 11.3 Å². The van der Waals surface area contributed by atoms with Gasteiger partial charge in [0.15, 0.2) is 0 Å². The predicted octanol–water partition coefficient (Wildman–Crippen LogP) is 4.11. The molecule has 0 aliphatic carbocycles. The lowest BCUT2D eigenvalue weighted by atomic mass is 10.1. The van der Waals surface area contributed by atoms with Crippen molar-refractivity contribution in [1.82, 2.24) is 5.32 Å². The maximum absolute atomic E-state index is 12.2. The van der Waals surface area contributed by atoms with Crippen molar-refractivity contribution in [2.24, 2.45) is 0 Å². The van der Waals surface area contributed by atoms with E-state index in [1.807, 2.05) is 55.5 Å². The predicted molar refractivity (Wildman–Crippen MR) is 91.6 cm³/mol. The molecule has 0 aromatic heterocycles. The Kier molecular flexibility index (Phi) is 4.06. The molecular weight excluding hydrogens is 288 g/mol. The average molecular weight is 304 g/mol. The fourth-order valence-electron chi connectivity index (χ4n) is 2.39. The third-order valence-electron chi connectivity index (χ3n) is 3.51. The summed E-state index contributed by atoms with van der Waals surface area (Å²) in [6.45, 7) is 1.93. The molecule has 0 saturated heterocycles. The molecule has 0 fully saturated rings. The van der Waals surface area contributed by atoms with Crippen LogP contribution in [-0.4, -0.2) is 11.9 Å². The van der Waals surface area contributed by atoms with Gasteiger partial charge in [0.1, 0.15) is 0 Å². The minimum absolute atomic E-state index is 0.430. The number of aryl methyl sites for hydroxylation is 1. The standard InChI is InChI=1S/C19H16N2O2/c1-13-5-4-8-17(11-13)20-19(23)21-18(22)16-10-9-14-6-2-3-7-15(14)12-16/h2-12H,1H3,(H2,20,21,22,23). The second kappa shape index (κ2) is 6.32. The first kappa shape index (κ1) is 14.8. The maximum Gasteiger partial charge on any atom is 0.326 e. The van der Waals surface area contributed by atoms with Crippen molar-refractivity contribution < 1.29 is 9.59 Å². The van der Waals surface area contributed by atoms with E-state index in [0.717, 1.165) is 16.3 Å². The van der Waals surface area contributed by atoms with Crippen LogP contribution in [0.2, 0.25) is 0 Å². The highest BCUT2D eigenvalue weighted by atomic mass is 16.2. The summed E-state index contributed by atoms with van der Waals surface area (Å²) in [5.74, 6) is -0.430. The Morgan fingerprint density at radius 2 is 1.61 bits per heavy atom. The van der Waals surface area contributed by atoms with Crippen LogP contribution in [0.4, 0.5) is 10.5 Å². The van der Waals surface area contributed by atoms with Crippen LogP contribution in [0.25, 0.3) is 10.8 Å². The topological polar surface area (TPSA) is 58.2 Å². The summed E-state index contributed by atoms with van der Waals surface area (Å²) >= 11 is 0. The van der Waals surface area contributed by atoms with Gasteiger partial charge in [-0.15, -0.1) is 0 Å². The van der Waals surface area contributed by atoms with E-state index in [2.05, 4.69) is 10.6 Å². The second-order valence-electron chi connectivity index (χ2n) is 5.34. The number of anilines is 1. The minimum Gasteiger partial charge on any atom is -0.308 e. The Morgan fingerprint density at radius 1 is 0.826 bits per heavy atom. The maximum atomic E-state index is 12.2. The number of fused-ring (bicyclic) bond motifs is 1. The number of imide groups is 1. The molecule has 3 rings (SSSR count). The second-order valence-corrected chi connectivity index (χ2v) is 5.34. The quantitative estimate of drug-likeness (QED) is 0.748. The van der Waals surface area contributed by atoms with Crippen molar-refractivity contribution in [2.45, 2.75) is 6.92 Å². The number of hydrogen-bond donors (Lipinski definition) is 2. The van der Waals surface area contributed by atoms with Crippen LogP contribution in [0.3, 0.4) is 0 Å². The molecule has 4 nitrogen and oxygen atoms in total. The van der Waals surface area contributed by atoms with Gasteiger partial charge in [0.05, 0.1) is 0 Å². The summed E-state index contributed by atoms with van der Waals surface area (Å²) in [7, 11) is 0. The van der Waals surface area contributed by atoms with Crippen LogP contribution in [0, 0.1) is 6.92 Å². The molecule has 0 radical (unpaired) electrons. The molecule has 0 aliphatic rings. The van der Waals surface area contributed by atoms with Crippen LogP contribution < -0.4 is 10.6 Å². The van der Waals surface area contributed by atoms with Crippen LogP contribution in [-0.2, 0) is 0 Å². The number of urea groups is 1. The van der Waals surface area contributed by atoms with Crippen LogP contribution in [0.15, 0.2) is 66.7 Å². The normalized spacial score (nSPS) is 10.3. The van der Waals surface area contributed by atoms with E-state index in [1.165, 1.54) is 0 Å². The van der Waals surface area contributed by atoms with Gasteiger partial charge >= 0.3 is 6.03 Å². The summed E-state index contributed by atoms with van der Waals surface area (Å²) in [5.41, 5.74) is 2.13. The Bertz CT molecular complexity index is 887. The molecule has 0 aliphatic heterocycles. The fraction of sp³-hybridized carbons (Fsp3) is 0.0526. The number of carbonyl (C=O) groups is 2. The van der Waals surface area contributed by atoms with E-state index in [9.17, 15) is 9.59 Å². The van der Waals surface area contributed by atoms with Gasteiger partial charge in [0, 0.05) is 11.3 Å². The molecule has 23 heavy (non-hydrogen) atoms. The van der Waals surface area contributed by atoms with Gasteiger partial charge in [-0.05, 0) is 47.5 Å². The zero-order valence-electron chi connectivity index (χ0n) is 12.7. The molecule has 0 atom stereocenters. The molecule has 114 valence electrons. The van der Waals surface area contributed by atoms with E-state index in [1.54, 1.807) is 18.2 Å². The van der Waals surface area contributed by atoms with Crippen molar-refractivity contribution in [3.05, 3.63) is 77.9 Å². The third-order valence-corrected chi connectivity index (χ3v) is 3.51. The first-order valence-electron chi connectivity index (χ1n) is 7.29. The molecule has 0 saturated carbocycles. The summed E-state index contributed by atoms with van der Waals surface area (Å²) < 4.78 is 0. The molecule has 3 aromatic carbocycles. The van der Waals surface area contributed by atoms with E-state index in [-0.39, 0.29) is 0 Å². The highest BCUT2D eigenvalue weighted by Crippen LogP contribution is 2.15. The highest BCUT2D eigenvalue weighted by Gasteiger charge is 2.11. The third kappa shape index (κ3) is 3.55. The highest BCUT2D eigenvalue weighted by molar-refractivity contribution is 6.09. The van der Waals surface area contributed by atoms with Crippen molar-refractivity contribution in [1.29, 1.82) is 0 Å². The number of carbonyl (C=O) groups excluding carboxylic acids is 2. The Morgan fingerprint density at radius 3 is 2.39 bits per heavy atom. The van der Waals surface area contributed by atoms with Crippen molar-refractivity contribution in [2.75, 3.05) is 5.32 Å². The summed E-state index contributed by atoms with van der Waals surface area (Å²) in [5, 5.41) is 7.00. The minimum atomic E-state index is -0.547. The lowest BCUT2D eigenvalue weighted by Crippen LogP contribution is -2.34. The lowest BCUT2D eigenvalue weighted by molar-refractivity contribution is 0.0967.